The molecule has 5 nitrogen and oxygen atoms in total. The SMILES string of the molecule is Cc1ccc2c(c1)C(Cc1nc3ccccc3c(=O)n1C)C(=O)N2Cc1ccccc1. The molecule has 2 heterocycles. The minimum atomic E-state index is -0.363. The van der Waals surface area contributed by atoms with Crippen molar-refractivity contribution in [3.8, 4) is 0 Å². The van der Waals surface area contributed by atoms with Crippen LogP contribution < -0.4 is 10.5 Å². The number of carbonyl (C=O) groups is 1. The van der Waals surface area contributed by atoms with Crippen molar-refractivity contribution in [2.45, 2.75) is 25.8 Å². The molecule has 0 saturated heterocycles. The molecule has 1 atom stereocenters. The van der Waals surface area contributed by atoms with Crippen LogP contribution >= 0.6 is 0 Å². The Morgan fingerprint density at radius 3 is 2.48 bits per heavy atom. The van der Waals surface area contributed by atoms with E-state index in [0.717, 1.165) is 22.4 Å². The van der Waals surface area contributed by atoms with Crippen LogP contribution in [0.1, 0.15) is 28.4 Å². The topological polar surface area (TPSA) is 55.2 Å². The molecule has 0 saturated carbocycles. The van der Waals surface area contributed by atoms with Crippen molar-refractivity contribution in [2.24, 2.45) is 7.05 Å². The van der Waals surface area contributed by atoms with Gasteiger partial charge in [-0.1, -0.05) is 60.2 Å². The molecular formula is C26H23N3O2. The third-order valence-electron chi connectivity index (χ3n) is 6.06. The van der Waals surface area contributed by atoms with Crippen molar-refractivity contribution in [2.75, 3.05) is 4.90 Å². The Labute approximate surface area is 180 Å². The van der Waals surface area contributed by atoms with E-state index in [4.69, 9.17) is 4.98 Å². The monoisotopic (exact) mass is 409 g/mol. The summed E-state index contributed by atoms with van der Waals surface area (Å²) in [7, 11) is 1.73. The standard InChI is InChI=1S/C26H23N3O2/c1-17-12-13-23-20(14-17)21(26(31)29(23)16-18-8-4-3-5-9-18)15-24-27-22-11-7-6-10-19(22)25(30)28(24)2/h3-14,21H,15-16H2,1-2H3. The molecule has 5 heteroatoms. The highest BCUT2D eigenvalue weighted by Gasteiger charge is 2.38. The van der Waals surface area contributed by atoms with Gasteiger partial charge in [-0.2, -0.15) is 0 Å². The van der Waals surface area contributed by atoms with Crippen molar-refractivity contribution in [1.82, 2.24) is 9.55 Å². The van der Waals surface area contributed by atoms with Crippen LogP contribution in [-0.4, -0.2) is 15.5 Å². The number of nitrogens with zero attached hydrogens (tertiary/aromatic N) is 3. The summed E-state index contributed by atoms with van der Waals surface area (Å²) in [6.45, 7) is 2.56. The molecule has 0 spiro atoms. The highest BCUT2D eigenvalue weighted by atomic mass is 16.2. The van der Waals surface area contributed by atoms with E-state index < -0.39 is 0 Å². The summed E-state index contributed by atoms with van der Waals surface area (Å²) in [4.78, 5) is 33.0. The predicted molar refractivity (Wildman–Crippen MR) is 122 cm³/mol. The quantitative estimate of drug-likeness (QED) is 0.510. The molecule has 0 bridgehead atoms. The summed E-state index contributed by atoms with van der Waals surface area (Å²) in [5.74, 6) is 0.306. The maximum atomic E-state index is 13.6. The van der Waals surface area contributed by atoms with Crippen molar-refractivity contribution >= 4 is 22.5 Å². The van der Waals surface area contributed by atoms with E-state index >= 15 is 0 Å². The molecule has 1 unspecified atom stereocenters. The summed E-state index contributed by atoms with van der Waals surface area (Å²) in [6.07, 6.45) is 0.386. The minimum absolute atomic E-state index is 0.0480. The van der Waals surface area contributed by atoms with Crippen LogP contribution in [0, 0.1) is 6.92 Å². The number of anilines is 1. The lowest BCUT2D eigenvalue weighted by Gasteiger charge is -2.18. The number of hydrogen-bond acceptors (Lipinski definition) is 3. The third-order valence-corrected chi connectivity index (χ3v) is 6.06. The van der Waals surface area contributed by atoms with Gasteiger partial charge < -0.3 is 4.90 Å². The fourth-order valence-electron chi connectivity index (χ4n) is 4.39. The van der Waals surface area contributed by atoms with Crippen LogP contribution in [0.25, 0.3) is 10.9 Å². The van der Waals surface area contributed by atoms with Gasteiger partial charge in [-0.05, 0) is 36.2 Å². The number of aromatic nitrogens is 2. The Balaban J connectivity index is 1.56. The van der Waals surface area contributed by atoms with Crippen LogP contribution in [-0.2, 0) is 24.8 Å². The van der Waals surface area contributed by atoms with Crippen molar-refractivity contribution in [1.29, 1.82) is 0 Å². The van der Waals surface area contributed by atoms with Gasteiger partial charge in [0.05, 0.1) is 23.4 Å². The van der Waals surface area contributed by atoms with Crippen molar-refractivity contribution in [3.63, 3.8) is 0 Å². The average Bonchev–Trinajstić information content (AvgIpc) is 3.03. The van der Waals surface area contributed by atoms with E-state index in [1.165, 1.54) is 0 Å². The molecule has 1 aromatic heterocycles. The van der Waals surface area contributed by atoms with E-state index in [0.29, 0.717) is 29.7 Å². The number of hydrogen-bond donors (Lipinski definition) is 0. The van der Waals surface area contributed by atoms with E-state index in [2.05, 4.69) is 6.07 Å². The van der Waals surface area contributed by atoms with Crippen LogP contribution in [0.4, 0.5) is 5.69 Å². The van der Waals surface area contributed by atoms with Crippen LogP contribution in [0.5, 0.6) is 0 Å². The smallest absolute Gasteiger partial charge is 0.261 e. The lowest BCUT2D eigenvalue weighted by Crippen LogP contribution is -2.30. The van der Waals surface area contributed by atoms with Gasteiger partial charge in [0.2, 0.25) is 5.91 Å². The average molecular weight is 409 g/mol. The highest BCUT2D eigenvalue weighted by Crippen LogP contribution is 2.40. The number of rotatable bonds is 4. The molecule has 0 fully saturated rings. The largest absolute Gasteiger partial charge is 0.307 e. The fourth-order valence-corrected chi connectivity index (χ4v) is 4.39. The number of benzene rings is 3. The molecule has 4 aromatic rings. The molecule has 0 aliphatic carbocycles. The molecular weight excluding hydrogens is 386 g/mol. The number of amides is 1. The lowest BCUT2D eigenvalue weighted by atomic mass is 9.95. The molecule has 1 aliphatic rings. The third kappa shape index (κ3) is 3.32. The number of aryl methyl sites for hydroxylation is 1. The number of carbonyl (C=O) groups excluding carboxylic acids is 1. The minimum Gasteiger partial charge on any atom is -0.307 e. The van der Waals surface area contributed by atoms with Crippen LogP contribution in [0.2, 0.25) is 0 Å². The number of para-hydroxylation sites is 1. The van der Waals surface area contributed by atoms with Crippen molar-refractivity contribution in [3.05, 3.63) is 106 Å². The van der Waals surface area contributed by atoms with Gasteiger partial charge in [0.1, 0.15) is 5.82 Å². The first-order valence-corrected chi connectivity index (χ1v) is 10.4. The Morgan fingerprint density at radius 2 is 1.68 bits per heavy atom. The van der Waals surface area contributed by atoms with E-state index in [9.17, 15) is 9.59 Å². The first-order valence-electron chi connectivity index (χ1n) is 10.4. The van der Waals surface area contributed by atoms with E-state index in [1.54, 1.807) is 17.7 Å². The van der Waals surface area contributed by atoms with Gasteiger partial charge >= 0.3 is 0 Å². The molecule has 1 aliphatic heterocycles. The summed E-state index contributed by atoms with van der Waals surface area (Å²) < 4.78 is 1.57. The second kappa shape index (κ2) is 7.51. The van der Waals surface area contributed by atoms with Crippen LogP contribution in [0.3, 0.4) is 0 Å². The Kier molecular flexibility index (Phi) is 4.66. The summed E-state index contributed by atoms with van der Waals surface area (Å²) in [5.41, 5.74) is 4.71. The normalized spacial score (nSPS) is 15.5. The molecule has 0 radical (unpaired) electrons. The molecule has 3 aromatic carbocycles. The van der Waals surface area contributed by atoms with Gasteiger partial charge in [0.25, 0.3) is 5.56 Å². The van der Waals surface area contributed by atoms with Gasteiger partial charge in [0, 0.05) is 19.2 Å². The molecule has 1 amide bonds. The fraction of sp³-hybridized carbons (Fsp3) is 0.192. The zero-order valence-corrected chi connectivity index (χ0v) is 17.6. The molecule has 154 valence electrons. The second-order valence-electron chi connectivity index (χ2n) is 8.14. The summed E-state index contributed by atoms with van der Waals surface area (Å²) in [5, 5.41) is 0.591. The number of fused-ring (bicyclic) bond motifs is 2. The van der Waals surface area contributed by atoms with E-state index in [1.807, 2.05) is 72.5 Å². The van der Waals surface area contributed by atoms with Gasteiger partial charge in [-0.25, -0.2) is 4.98 Å². The van der Waals surface area contributed by atoms with Gasteiger partial charge in [0.15, 0.2) is 0 Å². The van der Waals surface area contributed by atoms with Crippen LogP contribution in [0.15, 0.2) is 77.6 Å². The van der Waals surface area contributed by atoms with E-state index in [-0.39, 0.29) is 17.4 Å². The first-order chi connectivity index (χ1) is 15.0. The summed E-state index contributed by atoms with van der Waals surface area (Å²) >= 11 is 0. The molecule has 0 N–H and O–H groups in total. The Hall–Kier alpha value is -3.73. The maximum Gasteiger partial charge on any atom is 0.261 e. The lowest BCUT2D eigenvalue weighted by molar-refractivity contribution is -0.119. The molecule has 31 heavy (non-hydrogen) atoms. The molecule has 5 rings (SSSR count). The highest BCUT2D eigenvalue weighted by molar-refractivity contribution is 6.05. The van der Waals surface area contributed by atoms with Gasteiger partial charge in [-0.15, -0.1) is 0 Å². The summed E-state index contributed by atoms with van der Waals surface area (Å²) in [6, 6.07) is 23.5. The zero-order chi connectivity index (χ0) is 21.5. The zero-order valence-electron chi connectivity index (χ0n) is 17.6. The predicted octanol–water partition coefficient (Wildman–Crippen LogP) is 4.12. The van der Waals surface area contributed by atoms with Gasteiger partial charge in [-0.3, -0.25) is 14.2 Å². The second-order valence-corrected chi connectivity index (χ2v) is 8.14. The van der Waals surface area contributed by atoms with Crippen molar-refractivity contribution < 1.29 is 4.79 Å². The first kappa shape index (κ1) is 19.2. The Bertz CT molecular complexity index is 1360. The Morgan fingerprint density at radius 1 is 0.935 bits per heavy atom. The maximum absolute atomic E-state index is 13.6.